The summed E-state index contributed by atoms with van der Waals surface area (Å²) in [5.41, 5.74) is 1.59. The van der Waals surface area contributed by atoms with Crippen LogP contribution in [0.1, 0.15) is 18.9 Å². The Labute approximate surface area is 165 Å². The standard InChI is InChI=1S/C20H20N6O3/c27-18(12-24-13-22-15-4-1-2-5-16(15)24)21-9-10-25-20(28)26(14-7-8-14)19(23-25)17-6-3-11-29-17/h1-6,11,13-14H,7-10,12H2,(H,21,27). The van der Waals surface area contributed by atoms with Gasteiger partial charge in [0, 0.05) is 12.6 Å². The van der Waals surface area contributed by atoms with E-state index < -0.39 is 0 Å². The molecule has 1 amide bonds. The maximum Gasteiger partial charge on any atom is 0.346 e. The lowest BCUT2D eigenvalue weighted by molar-refractivity contribution is -0.121. The summed E-state index contributed by atoms with van der Waals surface area (Å²) < 4.78 is 10.3. The lowest BCUT2D eigenvalue weighted by Crippen LogP contribution is -2.33. The number of para-hydroxylation sites is 2. The predicted octanol–water partition coefficient (Wildman–Crippen LogP) is 1.81. The van der Waals surface area contributed by atoms with Gasteiger partial charge in [0.25, 0.3) is 0 Å². The molecule has 4 aromatic rings. The zero-order valence-electron chi connectivity index (χ0n) is 15.7. The van der Waals surface area contributed by atoms with Crippen molar-refractivity contribution in [3.63, 3.8) is 0 Å². The molecule has 1 saturated carbocycles. The fraction of sp³-hybridized carbons (Fsp3) is 0.300. The van der Waals surface area contributed by atoms with Gasteiger partial charge in [-0.1, -0.05) is 12.1 Å². The van der Waals surface area contributed by atoms with Crippen molar-refractivity contribution in [1.82, 2.24) is 29.2 Å². The number of imidazole rings is 1. The fourth-order valence-electron chi connectivity index (χ4n) is 3.45. The first-order chi connectivity index (χ1) is 14.2. The second kappa shape index (κ2) is 7.08. The Kier molecular flexibility index (Phi) is 4.27. The summed E-state index contributed by atoms with van der Waals surface area (Å²) >= 11 is 0. The number of fused-ring (bicyclic) bond motifs is 1. The van der Waals surface area contributed by atoms with Crippen LogP contribution in [-0.4, -0.2) is 36.4 Å². The minimum atomic E-state index is -0.172. The molecule has 0 unspecified atom stereocenters. The Bertz CT molecular complexity index is 1210. The first kappa shape index (κ1) is 17.5. The van der Waals surface area contributed by atoms with Gasteiger partial charge in [0.05, 0.1) is 30.2 Å². The molecular formula is C20H20N6O3. The summed E-state index contributed by atoms with van der Waals surface area (Å²) in [7, 11) is 0. The molecule has 0 aliphatic heterocycles. The molecule has 0 radical (unpaired) electrons. The second-order valence-corrected chi connectivity index (χ2v) is 7.12. The number of carbonyl (C=O) groups is 1. The average Bonchev–Trinajstić information content (AvgIpc) is 3.13. The number of hydrogen-bond acceptors (Lipinski definition) is 5. The quantitative estimate of drug-likeness (QED) is 0.517. The van der Waals surface area contributed by atoms with Gasteiger partial charge in [-0.15, -0.1) is 5.10 Å². The van der Waals surface area contributed by atoms with Gasteiger partial charge in [-0.3, -0.25) is 9.36 Å². The van der Waals surface area contributed by atoms with Crippen molar-refractivity contribution in [2.75, 3.05) is 6.54 Å². The molecule has 3 heterocycles. The average molecular weight is 392 g/mol. The number of aromatic nitrogens is 5. The summed E-state index contributed by atoms with van der Waals surface area (Å²) in [6, 6.07) is 11.4. The molecule has 9 heteroatoms. The third kappa shape index (κ3) is 3.35. The number of benzene rings is 1. The third-order valence-corrected chi connectivity index (χ3v) is 5.01. The number of furan rings is 1. The molecule has 0 bridgehead atoms. The number of carbonyl (C=O) groups excluding carboxylic acids is 1. The van der Waals surface area contributed by atoms with Gasteiger partial charge >= 0.3 is 5.69 Å². The molecule has 0 atom stereocenters. The van der Waals surface area contributed by atoms with Crippen LogP contribution in [0.4, 0.5) is 0 Å². The first-order valence-corrected chi connectivity index (χ1v) is 9.60. The number of amides is 1. The van der Waals surface area contributed by atoms with E-state index in [9.17, 15) is 9.59 Å². The number of nitrogens with one attached hydrogen (secondary N) is 1. The van der Waals surface area contributed by atoms with Crippen molar-refractivity contribution < 1.29 is 9.21 Å². The van der Waals surface area contributed by atoms with Crippen LogP contribution >= 0.6 is 0 Å². The van der Waals surface area contributed by atoms with Crippen molar-refractivity contribution in [1.29, 1.82) is 0 Å². The number of hydrogen-bond donors (Lipinski definition) is 1. The number of nitrogens with zero attached hydrogens (tertiary/aromatic N) is 5. The summed E-state index contributed by atoms with van der Waals surface area (Å²) in [5.74, 6) is 0.969. The van der Waals surface area contributed by atoms with E-state index in [1.165, 1.54) is 4.68 Å². The lowest BCUT2D eigenvalue weighted by atomic mass is 10.3. The van der Waals surface area contributed by atoms with Crippen molar-refractivity contribution in [3.05, 3.63) is 59.5 Å². The van der Waals surface area contributed by atoms with Gasteiger partial charge in [-0.25, -0.2) is 14.5 Å². The Hall–Kier alpha value is -3.62. The van der Waals surface area contributed by atoms with Gasteiger partial charge in [-0.05, 0) is 37.1 Å². The largest absolute Gasteiger partial charge is 0.461 e. The van der Waals surface area contributed by atoms with Crippen LogP contribution < -0.4 is 11.0 Å². The minimum Gasteiger partial charge on any atom is -0.461 e. The summed E-state index contributed by atoms with van der Waals surface area (Å²) in [4.78, 5) is 29.3. The van der Waals surface area contributed by atoms with Gasteiger partial charge in [0.2, 0.25) is 11.7 Å². The van der Waals surface area contributed by atoms with Crippen molar-refractivity contribution in [2.45, 2.75) is 32.0 Å². The molecule has 1 N–H and O–H groups in total. The fourth-order valence-corrected chi connectivity index (χ4v) is 3.45. The third-order valence-electron chi connectivity index (χ3n) is 5.01. The molecular weight excluding hydrogens is 372 g/mol. The monoisotopic (exact) mass is 392 g/mol. The molecule has 1 aliphatic rings. The molecule has 148 valence electrons. The van der Waals surface area contributed by atoms with Crippen molar-refractivity contribution in [2.24, 2.45) is 0 Å². The lowest BCUT2D eigenvalue weighted by Gasteiger charge is -2.06. The Balaban J connectivity index is 1.25. The summed E-state index contributed by atoms with van der Waals surface area (Å²) in [5, 5.41) is 7.28. The van der Waals surface area contributed by atoms with E-state index in [0.717, 1.165) is 23.9 Å². The van der Waals surface area contributed by atoms with Gasteiger partial charge < -0.3 is 14.3 Å². The molecule has 1 aromatic carbocycles. The van der Waals surface area contributed by atoms with Crippen LogP contribution in [-0.2, 0) is 17.9 Å². The maximum atomic E-state index is 12.7. The zero-order chi connectivity index (χ0) is 19.8. The highest BCUT2D eigenvalue weighted by Crippen LogP contribution is 2.36. The van der Waals surface area contributed by atoms with E-state index in [0.29, 0.717) is 24.7 Å². The molecule has 5 rings (SSSR count). The highest BCUT2D eigenvalue weighted by molar-refractivity contribution is 5.80. The van der Waals surface area contributed by atoms with Crippen LogP contribution in [0.5, 0.6) is 0 Å². The van der Waals surface area contributed by atoms with Crippen LogP contribution in [0, 0.1) is 0 Å². The Morgan fingerprint density at radius 3 is 2.86 bits per heavy atom. The van der Waals surface area contributed by atoms with Crippen molar-refractivity contribution in [3.8, 4) is 11.6 Å². The molecule has 9 nitrogen and oxygen atoms in total. The Morgan fingerprint density at radius 2 is 2.07 bits per heavy atom. The van der Waals surface area contributed by atoms with Crippen LogP contribution in [0.25, 0.3) is 22.6 Å². The van der Waals surface area contributed by atoms with Crippen molar-refractivity contribution >= 4 is 16.9 Å². The predicted molar refractivity (Wildman–Crippen MR) is 105 cm³/mol. The van der Waals surface area contributed by atoms with Crippen LogP contribution in [0.3, 0.4) is 0 Å². The highest BCUT2D eigenvalue weighted by atomic mass is 16.3. The van der Waals surface area contributed by atoms with E-state index in [2.05, 4.69) is 15.4 Å². The SMILES string of the molecule is O=C(Cn1cnc2ccccc21)NCCn1nc(-c2ccco2)n(C2CC2)c1=O. The highest BCUT2D eigenvalue weighted by Gasteiger charge is 2.31. The smallest absolute Gasteiger partial charge is 0.346 e. The second-order valence-electron chi connectivity index (χ2n) is 7.12. The summed E-state index contributed by atoms with van der Waals surface area (Å²) in [6.45, 7) is 0.775. The summed E-state index contributed by atoms with van der Waals surface area (Å²) in [6.07, 6.45) is 5.15. The van der Waals surface area contributed by atoms with Crippen LogP contribution in [0.2, 0.25) is 0 Å². The van der Waals surface area contributed by atoms with E-state index >= 15 is 0 Å². The normalized spacial score (nSPS) is 13.8. The Morgan fingerprint density at radius 1 is 1.21 bits per heavy atom. The zero-order valence-corrected chi connectivity index (χ0v) is 15.7. The van der Waals surface area contributed by atoms with Crippen LogP contribution in [0.15, 0.2) is 58.2 Å². The van der Waals surface area contributed by atoms with Gasteiger partial charge in [-0.2, -0.15) is 0 Å². The molecule has 0 spiro atoms. The molecule has 1 aliphatic carbocycles. The van der Waals surface area contributed by atoms with E-state index in [1.54, 1.807) is 33.9 Å². The van der Waals surface area contributed by atoms with Gasteiger partial charge in [0.1, 0.15) is 6.54 Å². The van der Waals surface area contributed by atoms with E-state index in [-0.39, 0.29) is 24.2 Å². The van der Waals surface area contributed by atoms with Gasteiger partial charge in [0.15, 0.2) is 5.76 Å². The minimum absolute atomic E-state index is 0.144. The maximum absolute atomic E-state index is 12.7. The molecule has 1 fully saturated rings. The molecule has 0 saturated heterocycles. The number of rotatable bonds is 7. The van der Waals surface area contributed by atoms with E-state index in [4.69, 9.17) is 4.42 Å². The topological polar surface area (TPSA) is 99.9 Å². The molecule has 3 aromatic heterocycles. The molecule has 29 heavy (non-hydrogen) atoms. The van der Waals surface area contributed by atoms with E-state index in [1.807, 2.05) is 24.3 Å². The first-order valence-electron chi connectivity index (χ1n) is 9.60.